The quantitative estimate of drug-likeness (QED) is 0.758. The van der Waals surface area contributed by atoms with Crippen molar-refractivity contribution >= 4 is 0 Å². The summed E-state index contributed by atoms with van der Waals surface area (Å²) >= 11 is 0. The molecule has 92 valence electrons. The van der Waals surface area contributed by atoms with Crippen molar-refractivity contribution in [1.29, 1.82) is 0 Å². The van der Waals surface area contributed by atoms with Gasteiger partial charge >= 0.3 is 0 Å². The molecule has 0 saturated heterocycles. The highest BCUT2D eigenvalue weighted by molar-refractivity contribution is 4.76. The van der Waals surface area contributed by atoms with Crippen LogP contribution >= 0.6 is 0 Å². The van der Waals surface area contributed by atoms with Crippen LogP contribution in [-0.4, -0.2) is 22.4 Å². The lowest BCUT2D eigenvalue weighted by Gasteiger charge is -2.28. The third-order valence-electron chi connectivity index (χ3n) is 2.72. The fourth-order valence-electron chi connectivity index (χ4n) is 1.33. The number of aliphatic hydroxyl groups excluding tert-OH is 2. The summed E-state index contributed by atoms with van der Waals surface area (Å²) < 4.78 is 0. The molecule has 0 radical (unpaired) electrons. The van der Waals surface area contributed by atoms with Crippen molar-refractivity contribution in [2.75, 3.05) is 0 Å². The van der Waals surface area contributed by atoms with Crippen LogP contribution in [0.15, 0.2) is 0 Å². The first-order valence-electron chi connectivity index (χ1n) is 5.88. The molecule has 2 nitrogen and oxygen atoms in total. The SMILES string of the molecule is CC(C)(C)CCC(O)CC(O)C(C)(C)C. The first-order chi connectivity index (χ1) is 6.52. The van der Waals surface area contributed by atoms with Gasteiger partial charge in [0.2, 0.25) is 0 Å². The van der Waals surface area contributed by atoms with Crippen LogP contribution < -0.4 is 0 Å². The zero-order valence-electron chi connectivity index (χ0n) is 11.2. The second-order valence-electron chi connectivity index (χ2n) is 6.87. The first-order valence-corrected chi connectivity index (χ1v) is 5.88. The van der Waals surface area contributed by atoms with E-state index in [-0.39, 0.29) is 16.9 Å². The lowest BCUT2D eigenvalue weighted by atomic mass is 9.83. The van der Waals surface area contributed by atoms with Gasteiger partial charge in [-0.3, -0.25) is 0 Å². The zero-order valence-corrected chi connectivity index (χ0v) is 11.2. The van der Waals surface area contributed by atoms with Gasteiger partial charge in [-0.05, 0) is 30.1 Å². The van der Waals surface area contributed by atoms with Crippen LogP contribution in [-0.2, 0) is 0 Å². The van der Waals surface area contributed by atoms with Gasteiger partial charge in [0, 0.05) is 0 Å². The summed E-state index contributed by atoms with van der Waals surface area (Å²) in [5, 5.41) is 19.6. The Morgan fingerprint density at radius 2 is 1.40 bits per heavy atom. The number of rotatable bonds is 4. The van der Waals surface area contributed by atoms with Gasteiger partial charge in [-0.2, -0.15) is 0 Å². The van der Waals surface area contributed by atoms with Gasteiger partial charge in [0.25, 0.3) is 0 Å². The molecule has 0 aromatic carbocycles. The second kappa shape index (κ2) is 5.31. The van der Waals surface area contributed by atoms with Crippen molar-refractivity contribution in [1.82, 2.24) is 0 Å². The van der Waals surface area contributed by atoms with E-state index in [2.05, 4.69) is 20.8 Å². The van der Waals surface area contributed by atoms with E-state index >= 15 is 0 Å². The van der Waals surface area contributed by atoms with Crippen molar-refractivity contribution in [2.45, 2.75) is 73.0 Å². The first kappa shape index (κ1) is 14.9. The highest BCUT2D eigenvalue weighted by Gasteiger charge is 2.25. The molecule has 2 atom stereocenters. The molecule has 0 aliphatic rings. The van der Waals surface area contributed by atoms with Gasteiger partial charge < -0.3 is 10.2 Å². The molecular formula is C13H28O2. The molecule has 0 fully saturated rings. The standard InChI is InChI=1S/C13H28O2/c1-12(2,3)8-7-10(14)9-11(15)13(4,5)6/h10-11,14-15H,7-9H2,1-6H3. The monoisotopic (exact) mass is 216 g/mol. The maximum Gasteiger partial charge on any atom is 0.0613 e. The fourth-order valence-corrected chi connectivity index (χ4v) is 1.33. The van der Waals surface area contributed by atoms with Crippen molar-refractivity contribution in [3.8, 4) is 0 Å². The van der Waals surface area contributed by atoms with Crippen LogP contribution in [0.3, 0.4) is 0 Å². The summed E-state index contributed by atoms with van der Waals surface area (Å²) in [7, 11) is 0. The molecule has 0 rings (SSSR count). The molecule has 15 heavy (non-hydrogen) atoms. The molecule has 0 aliphatic carbocycles. The topological polar surface area (TPSA) is 40.5 Å². The lowest BCUT2D eigenvalue weighted by Crippen LogP contribution is -2.30. The highest BCUT2D eigenvalue weighted by Crippen LogP contribution is 2.26. The Labute approximate surface area is 94.7 Å². The van der Waals surface area contributed by atoms with Gasteiger partial charge in [0.1, 0.15) is 0 Å². The molecule has 0 aliphatic heterocycles. The van der Waals surface area contributed by atoms with E-state index in [1.54, 1.807) is 0 Å². The second-order valence-corrected chi connectivity index (χ2v) is 6.87. The maximum absolute atomic E-state index is 9.83. The van der Waals surface area contributed by atoms with E-state index in [1.807, 2.05) is 20.8 Å². The molecule has 0 bridgehead atoms. The number of aliphatic hydroxyl groups is 2. The Morgan fingerprint density at radius 1 is 0.933 bits per heavy atom. The lowest BCUT2D eigenvalue weighted by molar-refractivity contribution is 0.00840. The Morgan fingerprint density at radius 3 is 1.73 bits per heavy atom. The molecule has 0 aromatic heterocycles. The van der Waals surface area contributed by atoms with Gasteiger partial charge in [-0.1, -0.05) is 41.5 Å². The molecule has 0 heterocycles. The maximum atomic E-state index is 9.83. The third-order valence-corrected chi connectivity index (χ3v) is 2.72. The Hall–Kier alpha value is -0.0800. The molecule has 0 saturated carbocycles. The van der Waals surface area contributed by atoms with E-state index in [9.17, 15) is 10.2 Å². The van der Waals surface area contributed by atoms with E-state index in [0.717, 1.165) is 12.8 Å². The summed E-state index contributed by atoms with van der Waals surface area (Å²) in [6.45, 7) is 12.5. The Kier molecular flexibility index (Phi) is 5.28. The van der Waals surface area contributed by atoms with Crippen molar-refractivity contribution in [3.05, 3.63) is 0 Å². The normalized spacial score (nSPS) is 17.6. The van der Waals surface area contributed by atoms with Crippen molar-refractivity contribution < 1.29 is 10.2 Å². The molecule has 2 N–H and O–H groups in total. The van der Waals surface area contributed by atoms with E-state index in [1.165, 1.54) is 0 Å². The van der Waals surface area contributed by atoms with Crippen LogP contribution in [0.4, 0.5) is 0 Å². The largest absolute Gasteiger partial charge is 0.393 e. The molecule has 2 unspecified atom stereocenters. The molecule has 0 amide bonds. The van der Waals surface area contributed by atoms with E-state index in [0.29, 0.717) is 6.42 Å². The number of hydrogen-bond acceptors (Lipinski definition) is 2. The Bertz CT molecular complexity index is 174. The van der Waals surface area contributed by atoms with Crippen LogP contribution in [0, 0.1) is 10.8 Å². The summed E-state index contributed by atoms with van der Waals surface area (Å²) in [4.78, 5) is 0. The summed E-state index contributed by atoms with van der Waals surface area (Å²) in [6, 6.07) is 0. The van der Waals surface area contributed by atoms with Gasteiger partial charge in [0.15, 0.2) is 0 Å². The average Bonchev–Trinajstić information content (AvgIpc) is 1.97. The third kappa shape index (κ3) is 7.80. The predicted octanol–water partition coefficient (Wildman–Crippen LogP) is 2.97. The van der Waals surface area contributed by atoms with Crippen molar-refractivity contribution in [3.63, 3.8) is 0 Å². The van der Waals surface area contributed by atoms with Crippen LogP contribution in [0.5, 0.6) is 0 Å². The smallest absolute Gasteiger partial charge is 0.0613 e. The molecule has 2 heteroatoms. The van der Waals surface area contributed by atoms with Gasteiger partial charge in [0.05, 0.1) is 12.2 Å². The molecular weight excluding hydrogens is 188 g/mol. The summed E-state index contributed by atoms with van der Waals surface area (Å²) in [6.07, 6.45) is 1.45. The number of hydrogen-bond donors (Lipinski definition) is 2. The zero-order chi connectivity index (χ0) is 12.3. The van der Waals surface area contributed by atoms with Crippen LogP contribution in [0.2, 0.25) is 0 Å². The summed E-state index contributed by atoms with van der Waals surface area (Å²) in [5.74, 6) is 0. The van der Waals surface area contributed by atoms with E-state index in [4.69, 9.17) is 0 Å². The summed E-state index contributed by atoms with van der Waals surface area (Å²) in [5.41, 5.74) is 0.121. The molecule has 0 aromatic rings. The average molecular weight is 216 g/mol. The van der Waals surface area contributed by atoms with Crippen molar-refractivity contribution in [2.24, 2.45) is 10.8 Å². The minimum absolute atomic E-state index is 0.136. The van der Waals surface area contributed by atoms with Crippen LogP contribution in [0.1, 0.15) is 60.8 Å². The molecule has 0 spiro atoms. The highest BCUT2D eigenvalue weighted by atomic mass is 16.3. The van der Waals surface area contributed by atoms with Gasteiger partial charge in [-0.15, -0.1) is 0 Å². The minimum Gasteiger partial charge on any atom is -0.393 e. The van der Waals surface area contributed by atoms with E-state index < -0.39 is 6.10 Å². The Balaban J connectivity index is 3.89. The predicted molar refractivity (Wildman–Crippen MR) is 64.8 cm³/mol. The fraction of sp³-hybridized carbons (Fsp3) is 1.00. The minimum atomic E-state index is -0.424. The van der Waals surface area contributed by atoms with Gasteiger partial charge in [-0.25, -0.2) is 0 Å². The van der Waals surface area contributed by atoms with Crippen LogP contribution in [0.25, 0.3) is 0 Å².